The molecule has 1 radical (unpaired) electrons. The van der Waals surface area contributed by atoms with Gasteiger partial charge in [-0.1, -0.05) is 0 Å². The minimum atomic E-state index is 0.576. The van der Waals surface area contributed by atoms with Crippen LogP contribution in [0.5, 0.6) is 5.75 Å². The van der Waals surface area contributed by atoms with E-state index in [0.29, 0.717) is 17.0 Å². The van der Waals surface area contributed by atoms with E-state index in [9.17, 15) is 0 Å². The van der Waals surface area contributed by atoms with Crippen molar-refractivity contribution in [3.05, 3.63) is 30.2 Å². The maximum absolute atomic E-state index is 6.90. The smallest absolute Gasteiger partial charge is 0.134 e. The predicted molar refractivity (Wildman–Crippen MR) is 43.6 cm³/mol. The van der Waals surface area contributed by atoms with Gasteiger partial charge in [0.1, 0.15) is 5.75 Å². The Labute approximate surface area is 66.0 Å². The first-order chi connectivity index (χ1) is 5.27. The maximum Gasteiger partial charge on any atom is 0.134 e. The summed E-state index contributed by atoms with van der Waals surface area (Å²) in [5, 5.41) is 0. The normalized spacial score (nSPS) is 8.73. The van der Waals surface area contributed by atoms with Gasteiger partial charge in [0.2, 0.25) is 0 Å². The molecule has 0 bridgehead atoms. The van der Waals surface area contributed by atoms with Crippen molar-refractivity contribution in [2.45, 2.75) is 0 Å². The molecular weight excluding hydrogens is 138 g/mol. The lowest BCUT2D eigenvalue weighted by Crippen LogP contribution is -1.90. The van der Waals surface area contributed by atoms with Gasteiger partial charge in [-0.05, 0) is 30.5 Å². The van der Waals surface area contributed by atoms with Gasteiger partial charge in [0.25, 0.3) is 0 Å². The van der Waals surface area contributed by atoms with E-state index in [1.54, 1.807) is 25.3 Å². The molecular formula is C9H8NO. The number of benzene rings is 1. The fourth-order valence-electron chi connectivity index (χ4n) is 0.823. The molecule has 1 aromatic carbocycles. The zero-order valence-electron chi connectivity index (χ0n) is 6.22. The Balaban J connectivity index is 3.19. The summed E-state index contributed by atoms with van der Waals surface area (Å²) in [6.45, 7) is 0. The van der Waals surface area contributed by atoms with E-state index < -0.39 is 0 Å². The highest BCUT2D eigenvalue weighted by Crippen LogP contribution is 2.19. The van der Waals surface area contributed by atoms with Crippen LogP contribution in [0.25, 0.3) is 0 Å². The average Bonchev–Trinajstić information content (AvgIpc) is 2.04. The first-order valence-corrected chi connectivity index (χ1v) is 3.14. The van der Waals surface area contributed by atoms with E-state index in [2.05, 4.69) is 5.92 Å². The number of nitrogens with two attached hydrogens (primary N) is 1. The lowest BCUT2D eigenvalue weighted by molar-refractivity contribution is 0.413. The second-order valence-electron chi connectivity index (χ2n) is 2.08. The standard InChI is InChI=1S/C9H8NO/c1-3-7-6-8(10)4-5-9(7)11-2/h4-6H,10H2,2H3. The third kappa shape index (κ3) is 1.44. The molecule has 11 heavy (non-hydrogen) atoms. The van der Waals surface area contributed by atoms with Crippen molar-refractivity contribution in [3.8, 4) is 11.7 Å². The highest BCUT2D eigenvalue weighted by molar-refractivity contribution is 5.53. The molecule has 1 rings (SSSR count). The van der Waals surface area contributed by atoms with Gasteiger partial charge in [-0.2, -0.15) is 0 Å². The topological polar surface area (TPSA) is 35.2 Å². The second kappa shape index (κ2) is 2.98. The van der Waals surface area contributed by atoms with E-state index in [1.165, 1.54) is 0 Å². The molecule has 1 aromatic rings. The highest BCUT2D eigenvalue weighted by Gasteiger charge is 1.98. The van der Waals surface area contributed by atoms with E-state index in [0.717, 1.165) is 0 Å². The fourth-order valence-corrected chi connectivity index (χ4v) is 0.823. The van der Waals surface area contributed by atoms with Crippen LogP contribution in [0, 0.1) is 12.3 Å². The lowest BCUT2D eigenvalue weighted by Gasteiger charge is -2.02. The molecule has 0 aliphatic heterocycles. The van der Waals surface area contributed by atoms with Crippen LogP contribution in [0.15, 0.2) is 18.2 Å². The fraction of sp³-hybridized carbons (Fsp3) is 0.111. The molecule has 0 unspecified atom stereocenters. The van der Waals surface area contributed by atoms with Gasteiger partial charge >= 0.3 is 0 Å². The Morgan fingerprint density at radius 3 is 2.82 bits per heavy atom. The van der Waals surface area contributed by atoms with Crippen molar-refractivity contribution >= 4 is 5.69 Å². The first-order valence-electron chi connectivity index (χ1n) is 3.14. The number of hydrogen-bond acceptors (Lipinski definition) is 2. The molecule has 0 fully saturated rings. The molecule has 0 saturated carbocycles. The van der Waals surface area contributed by atoms with Crippen LogP contribution >= 0.6 is 0 Å². The van der Waals surface area contributed by atoms with Crippen molar-refractivity contribution in [2.24, 2.45) is 0 Å². The number of anilines is 1. The third-order valence-electron chi connectivity index (χ3n) is 1.36. The molecule has 0 aliphatic rings. The van der Waals surface area contributed by atoms with Crippen molar-refractivity contribution in [3.63, 3.8) is 0 Å². The molecule has 0 aromatic heterocycles. The van der Waals surface area contributed by atoms with Crippen molar-refractivity contribution < 1.29 is 4.74 Å². The van der Waals surface area contributed by atoms with Crippen LogP contribution in [0.3, 0.4) is 0 Å². The van der Waals surface area contributed by atoms with E-state index in [-0.39, 0.29) is 0 Å². The third-order valence-corrected chi connectivity index (χ3v) is 1.36. The highest BCUT2D eigenvalue weighted by atomic mass is 16.5. The Hall–Kier alpha value is -1.62. The monoisotopic (exact) mass is 146 g/mol. The molecule has 0 aliphatic carbocycles. The SMILES string of the molecule is [C]#Cc1cc(N)ccc1OC. The number of rotatable bonds is 1. The Morgan fingerprint density at radius 1 is 1.55 bits per heavy atom. The molecule has 0 spiro atoms. The van der Waals surface area contributed by atoms with E-state index in [4.69, 9.17) is 16.9 Å². The largest absolute Gasteiger partial charge is 0.495 e. The average molecular weight is 146 g/mol. The Bertz CT molecular complexity index is 299. The van der Waals surface area contributed by atoms with Gasteiger partial charge in [0.05, 0.1) is 12.7 Å². The van der Waals surface area contributed by atoms with E-state index >= 15 is 0 Å². The summed E-state index contributed by atoms with van der Waals surface area (Å²) in [6.07, 6.45) is 6.90. The van der Waals surface area contributed by atoms with Crippen molar-refractivity contribution in [2.75, 3.05) is 12.8 Å². The van der Waals surface area contributed by atoms with Gasteiger partial charge in [-0.3, -0.25) is 0 Å². The molecule has 0 heterocycles. The van der Waals surface area contributed by atoms with Crippen molar-refractivity contribution in [1.82, 2.24) is 0 Å². The first kappa shape index (κ1) is 7.49. The number of nitrogen functional groups attached to an aromatic ring is 1. The molecule has 2 N–H and O–H groups in total. The van der Waals surface area contributed by atoms with Crippen LogP contribution < -0.4 is 10.5 Å². The minimum Gasteiger partial charge on any atom is -0.495 e. The zero-order chi connectivity index (χ0) is 8.27. The molecule has 0 amide bonds. The Morgan fingerprint density at radius 2 is 2.27 bits per heavy atom. The number of hydrogen-bond donors (Lipinski definition) is 1. The molecule has 0 atom stereocenters. The quantitative estimate of drug-likeness (QED) is 0.477. The van der Waals surface area contributed by atoms with E-state index in [1.807, 2.05) is 0 Å². The van der Waals surface area contributed by atoms with Crippen LogP contribution in [0.4, 0.5) is 5.69 Å². The van der Waals surface area contributed by atoms with Crippen LogP contribution in [0.2, 0.25) is 0 Å². The van der Waals surface area contributed by atoms with Gasteiger partial charge in [0, 0.05) is 5.69 Å². The van der Waals surface area contributed by atoms with Crippen LogP contribution in [0.1, 0.15) is 5.56 Å². The summed E-state index contributed by atoms with van der Waals surface area (Å²) in [5.41, 5.74) is 6.67. The summed E-state index contributed by atoms with van der Waals surface area (Å²) < 4.78 is 4.95. The lowest BCUT2D eigenvalue weighted by atomic mass is 10.2. The zero-order valence-corrected chi connectivity index (χ0v) is 6.22. The number of ether oxygens (including phenoxy) is 1. The summed E-state index contributed by atoms with van der Waals surface area (Å²) in [5.74, 6) is 2.85. The summed E-state index contributed by atoms with van der Waals surface area (Å²) in [4.78, 5) is 0. The van der Waals surface area contributed by atoms with Crippen LogP contribution in [-0.4, -0.2) is 7.11 Å². The molecule has 2 heteroatoms. The van der Waals surface area contributed by atoms with Gasteiger partial charge in [0.15, 0.2) is 0 Å². The molecule has 0 saturated heterocycles. The Kier molecular flexibility index (Phi) is 2.03. The second-order valence-corrected chi connectivity index (χ2v) is 2.08. The number of methoxy groups -OCH3 is 1. The molecule has 2 nitrogen and oxygen atoms in total. The summed E-state index contributed by atoms with van der Waals surface area (Å²) in [7, 11) is 1.55. The summed E-state index contributed by atoms with van der Waals surface area (Å²) in [6, 6.07) is 5.08. The summed E-state index contributed by atoms with van der Waals surface area (Å²) >= 11 is 0. The van der Waals surface area contributed by atoms with Gasteiger partial charge in [-0.25, -0.2) is 0 Å². The van der Waals surface area contributed by atoms with Crippen molar-refractivity contribution in [1.29, 1.82) is 0 Å². The van der Waals surface area contributed by atoms with Gasteiger partial charge < -0.3 is 10.5 Å². The molecule has 55 valence electrons. The predicted octanol–water partition coefficient (Wildman–Crippen LogP) is 1.22. The van der Waals surface area contributed by atoms with Gasteiger partial charge in [-0.15, -0.1) is 0 Å². The minimum absolute atomic E-state index is 0.576. The maximum atomic E-state index is 6.90. The van der Waals surface area contributed by atoms with Crippen LogP contribution in [-0.2, 0) is 0 Å².